The zero-order valence-electron chi connectivity index (χ0n) is 19.5. The number of nitrogens with zero attached hydrogens (tertiary/aromatic N) is 2. The lowest BCUT2D eigenvalue weighted by molar-refractivity contribution is 0.0514. The molecule has 32 heavy (non-hydrogen) atoms. The molecule has 0 spiro atoms. The summed E-state index contributed by atoms with van der Waals surface area (Å²) in [7, 11) is 1.84. The first-order valence-corrected chi connectivity index (χ1v) is 12.2. The van der Waals surface area contributed by atoms with E-state index in [2.05, 4.69) is 75.1 Å². The molecule has 0 amide bonds. The molecule has 4 rings (SSSR count). The molecule has 0 aliphatic carbocycles. The van der Waals surface area contributed by atoms with Crippen LogP contribution in [0.3, 0.4) is 0 Å². The molecule has 2 aromatic carbocycles. The molecular formula is C27H38N4O. The Kier molecular flexibility index (Phi) is 8.18. The van der Waals surface area contributed by atoms with Crippen molar-refractivity contribution < 1.29 is 4.74 Å². The fourth-order valence-electron chi connectivity index (χ4n) is 4.92. The minimum absolute atomic E-state index is 0.0905. The quantitative estimate of drug-likeness (QED) is 0.509. The van der Waals surface area contributed by atoms with Gasteiger partial charge in [0.15, 0.2) is 5.96 Å². The molecule has 2 aliphatic rings. The highest BCUT2D eigenvalue weighted by Crippen LogP contribution is 2.34. The topological polar surface area (TPSA) is 48.9 Å². The number of hydrogen-bond acceptors (Lipinski definition) is 3. The van der Waals surface area contributed by atoms with Crippen LogP contribution in [-0.4, -0.2) is 50.8 Å². The van der Waals surface area contributed by atoms with Gasteiger partial charge in [-0.25, -0.2) is 0 Å². The van der Waals surface area contributed by atoms with Crippen molar-refractivity contribution in [3.8, 4) is 0 Å². The van der Waals surface area contributed by atoms with Crippen molar-refractivity contribution in [3.05, 3.63) is 71.3 Å². The number of benzene rings is 2. The minimum atomic E-state index is 0.0905. The van der Waals surface area contributed by atoms with Crippen molar-refractivity contribution in [1.29, 1.82) is 0 Å². The summed E-state index contributed by atoms with van der Waals surface area (Å²) in [5.41, 5.74) is 4.16. The Hall–Kier alpha value is -2.37. The van der Waals surface area contributed by atoms with Crippen LogP contribution in [0.1, 0.15) is 48.8 Å². The summed E-state index contributed by atoms with van der Waals surface area (Å²) < 4.78 is 5.67. The molecule has 2 N–H and O–H groups in total. The van der Waals surface area contributed by atoms with E-state index in [-0.39, 0.29) is 5.41 Å². The molecule has 0 unspecified atom stereocenters. The largest absolute Gasteiger partial charge is 0.381 e. The molecule has 0 aromatic heterocycles. The van der Waals surface area contributed by atoms with Crippen LogP contribution in [0.4, 0.5) is 0 Å². The van der Waals surface area contributed by atoms with Crippen LogP contribution in [0.5, 0.6) is 0 Å². The highest BCUT2D eigenvalue weighted by atomic mass is 16.5. The molecule has 0 atom stereocenters. The van der Waals surface area contributed by atoms with Crippen molar-refractivity contribution in [1.82, 2.24) is 15.5 Å². The third-order valence-electron chi connectivity index (χ3n) is 6.99. The SMILES string of the molecule is CN=C(NCc1ccc(CN2CCCCC2)cc1)NCC1(c2ccccc2)CCOCC1. The predicted molar refractivity (Wildman–Crippen MR) is 132 cm³/mol. The fourth-order valence-corrected chi connectivity index (χ4v) is 4.92. The third kappa shape index (κ3) is 6.11. The minimum Gasteiger partial charge on any atom is -0.381 e. The number of piperidine rings is 1. The lowest BCUT2D eigenvalue weighted by Gasteiger charge is -2.38. The zero-order valence-corrected chi connectivity index (χ0v) is 19.5. The van der Waals surface area contributed by atoms with E-state index < -0.39 is 0 Å². The van der Waals surface area contributed by atoms with Crippen LogP contribution in [0.25, 0.3) is 0 Å². The molecular weight excluding hydrogens is 396 g/mol. The van der Waals surface area contributed by atoms with Crippen molar-refractivity contribution >= 4 is 5.96 Å². The van der Waals surface area contributed by atoms with Crippen LogP contribution in [0, 0.1) is 0 Å². The summed E-state index contributed by atoms with van der Waals surface area (Å²) in [5.74, 6) is 0.851. The van der Waals surface area contributed by atoms with E-state index in [0.29, 0.717) is 0 Å². The molecule has 2 heterocycles. The van der Waals surface area contributed by atoms with E-state index in [4.69, 9.17) is 4.74 Å². The van der Waals surface area contributed by atoms with Gasteiger partial charge < -0.3 is 15.4 Å². The molecule has 0 bridgehead atoms. The number of hydrogen-bond donors (Lipinski definition) is 2. The first kappa shape index (κ1) is 22.8. The number of ether oxygens (including phenoxy) is 1. The standard InChI is InChI=1S/C27H38N4O/c1-28-26(30-22-27(14-18-32-19-15-27)25-8-4-2-5-9-25)29-20-23-10-12-24(13-11-23)21-31-16-6-3-7-17-31/h2,4-5,8-13H,3,6-7,14-22H2,1H3,(H2,28,29,30). The van der Waals surface area contributed by atoms with Crippen molar-refractivity contribution in [3.63, 3.8) is 0 Å². The van der Waals surface area contributed by atoms with Gasteiger partial charge in [0.05, 0.1) is 0 Å². The first-order valence-electron chi connectivity index (χ1n) is 12.2. The highest BCUT2D eigenvalue weighted by molar-refractivity contribution is 5.79. The Bertz CT molecular complexity index is 838. The number of nitrogens with one attached hydrogen (secondary N) is 2. The number of likely N-dealkylation sites (tertiary alicyclic amines) is 1. The maximum atomic E-state index is 5.67. The summed E-state index contributed by atoms with van der Waals surface area (Å²) >= 11 is 0. The van der Waals surface area contributed by atoms with Gasteiger partial charge in [-0.15, -0.1) is 0 Å². The predicted octanol–water partition coefficient (Wildman–Crippen LogP) is 4.09. The second-order valence-electron chi connectivity index (χ2n) is 9.19. The second-order valence-corrected chi connectivity index (χ2v) is 9.19. The molecule has 5 heteroatoms. The van der Waals surface area contributed by atoms with E-state index in [1.165, 1.54) is 49.0 Å². The van der Waals surface area contributed by atoms with Crippen LogP contribution < -0.4 is 10.6 Å². The Balaban J connectivity index is 1.29. The molecule has 0 saturated carbocycles. The van der Waals surface area contributed by atoms with E-state index in [1.54, 1.807) is 0 Å². The average molecular weight is 435 g/mol. The van der Waals surface area contributed by atoms with Gasteiger partial charge in [-0.3, -0.25) is 9.89 Å². The van der Waals surface area contributed by atoms with Gasteiger partial charge in [0.1, 0.15) is 0 Å². The van der Waals surface area contributed by atoms with Gasteiger partial charge in [0, 0.05) is 45.3 Å². The zero-order chi connectivity index (χ0) is 22.1. The summed E-state index contributed by atoms with van der Waals surface area (Å²) in [6.07, 6.45) is 6.12. The van der Waals surface area contributed by atoms with Gasteiger partial charge in [0.2, 0.25) is 0 Å². The Morgan fingerprint density at radius 3 is 2.28 bits per heavy atom. The van der Waals surface area contributed by atoms with Gasteiger partial charge in [0.25, 0.3) is 0 Å². The smallest absolute Gasteiger partial charge is 0.191 e. The molecule has 0 radical (unpaired) electrons. The van der Waals surface area contributed by atoms with Crippen molar-refractivity contribution in [2.75, 3.05) is 39.9 Å². The number of rotatable bonds is 7. The lowest BCUT2D eigenvalue weighted by atomic mass is 9.74. The Morgan fingerprint density at radius 2 is 1.59 bits per heavy atom. The molecule has 2 fully saturated rings. The lowest BCUT2D eigenvalue weighted by Crippen LogP contribution is -2.47. The normalized spacial score (nSPS) is 19.5. The van der Waals surface area contributed by atoms with Crippen molar-refractivity contribution in [2.45, 2.75) is 50.6 Å². The maximum Gasteiger partial charge on any atom is 0.191 e. The Morgan fingerprint density at radius 1 is 0.906 bits per heavy atom. The average Bonchev–Trinajstić information content (AvgIpc) is 2.87. The summed E-state index contributed by atoms with van der Waals surface area (Å²) in [4.78, 5) is 7.03. The van der Waals surface area contributed by atoms with Crippen LogP contribution >= 0.6 is 0 Å². The summed E-state index contributed by atoms with van der Waals surface area (Å²) in [5, 5.41) is 7.08. The molecule has 2 saturated heterocycles. The third-order valence-corrected chi connectivity index (χ3v) is 6.99. The first-order chi connectivity index (χ1) is 15.8. The van der Waals surface area contributed by atoms with E-state index in [9.17, 15) is 0 Å². The Labute approximate surface area is 193 Å². The van der Waals surface area contributed by atoms with Gasteiger partial charge in [-0.05, 0) is 55.5 Å². The number of guanidine groups is 1. The molecule has 5 nitrogen and oxygen atoms in total. The van der Waals surface area contributed by atoms with E-state index in [0.717, 1.165) is 51.6 Å². The van der Waals surface area contributed by atoms with Crippen LogP contribution in [0.15, 0.2) is 59.6 Å². The van der Waals surface area contributed by atoms with Gasteiger partial charge in [-0.2, -0.15) is 0 Å². The van der Waals surface area contributed by atoms with Crippen molar-refractivity contribution in [2.24, 2.45) is 4.99 Å². The van der Waals surface area contributed by atoms with Gasteiger partial charge >= 0.3 is 0 Å². The number of aliphatic imine (C=N–C) groups is 1. The summed E-state index contributed by atoms with van der Waals surface area (Å²) in [6.45, 7) is 6.80. The molecule has 2 aliphatic heterocycles. The molecule has 172 valence electrons. The van der Waals surface area contributed by atoms with Gasteiger partial charge in [-0.1, -0.05) is 61.0 Å². The summed E-state index contributed by atoms with van der Waals surface area (Å²) in [6, 6.07) is 19.9. The molecule has 2 aromatic rings. The van der Waals surface area contributed by atoms with Crippen LogP contribution in [-0.2, 0) is 23.2 Å². The van der Waals surface area contributed by atoms with E-state index in [1.807, 2.05) is 7.05 Å². The van der Waals surface area contributed by atoms with E-state index >= 15 is 0 Å². The fraction of sp³-hybridized carbons (Fsp3) is 0.519. The second kappa shape index (κ2) is 11.5. The monoisotopic (exact) mass is 434 g/mol. The highest BCUT2D eigenvalue weighted by Gasteiger charge is 2.34. The maximum absolute atomic E-state index is 5.67. The van der Waals surface area contributed by atoms with Crippen LogP contribution in [0.2, 0.25) is 0 Å².